The minimum atomic E-state index is -0.998. The van der Waals surface area contributed by atoms with Gasteiger partial charge >= 0.3 is 20.4 Å². The first-order valence-corrected chi connectivity index (χ1v) is 12.1. The first-order valence-electron chi connectivity index (χ1n) is 8.30. The molecule has 3 unspecified atom stereocenters. The fraction of sp³-hybridized carbons (Fsp3) is 0.200. The molecule has 0 aromatic heterocycles. The smallest absolute Gasteiger partial charge is 0.0964 e. The summed E-state index contributed by atoms with van der Waals surface area (Å²) >= 11 is -0.281. The van der Waals surface area contributed by atoms with Crippen LogP contribution in [-0.4, -0.2) is 29.2 Å². The molecule has 1 heterocycles. The third kappa shape index (κ3) is 1.58. The lowest BCUT2D eigenvalue weighted by Gasteiger charge is -2.42. The maximum atomic E-state index is 2.56. The van der Waals surface area contributed by atoms with Gasteiger partial charge in [-0.3, -0.25) is 0 Å². The van der Waals surface area contributed by atoms with E-state index in [0.29, 0.717) is 3.54 Å². The number of allylic oxidation sites excluding steroid dienone is 2. The van der Waals surface area contributed by atoms with Gasteiger partial charge in [0, 0.05) is 0 Å². The lowest BCUT2D eigenvalue weighted by molar-refractivity contribution is 0.812. The fourth-order valence-electron chi connectivity index (χ4n) is 5.10. The Bertz CT molecular complexity index is 864. The molecular weight excluding hydrogens is 293 g/mol. The second-order valence-electron chi connectivity index (χ2n) is 7.27. The van der Waals surface area contributed by atoms with Crippen molar-refractivity contribution in [1.29, 1.82) is 0 Å². The Morgan fingerprint density at radius 2 is 1.68 bits per heavy atom. The molecule has 2 aliphatic carbocycles. The lowest BCUT2D eigenvalue weighted by atomic mass is 10.0. The molecule has 0 N–H and O–H groups in total. The Labute approximate surface area is 143 Å². The van der Waals surface area contributed by atoms with Crippen molar-refractivity contribution in [2.24, 2.45) is 0 Å². The molecule has 1 fully saturated rings. The third-order valence-electron chi connectivity index (χ3n) is 6.18. The standard InChI is InChI=1S/C20H18Si.Mg/c1-14-19-10-6-5-9-17(19)13-20(14)21(2)18-11-15-7-3-4-8-16(15)12-18;/h3-13,21H,1-2H3;. The minimum Gasteiger partial charge on any atom is -0.0964 e. The van der Waals surface area contributed by atoms with Crippen LogP contribution in [0.5, 0.6) is 0 Å². The summed E-state index contributed by atoms with van der Waals surface area (Å²) in [6, 6.07) is 18.3. The maximum absolute atomic E-state index is 2.56. The molecular formula is C20H18MgSi. The summed E-state index contributed by atoms with van der Waals surface area (Å²) in [5.41, 5.74) is 6.26. The number of fused-ring (bicyclic) bond motifs is 6. The van der Waals surface area contributed by atoms with Gasteiger partial charge in [0.05, 0.1) is 8.80 Å². The van der Waals surface area contributed by atoms with Crippen LogP contribution in [0.3, 0.4) is 0 Å². The van der Waals surface area contributed by atoms with Gasteiger partial charge in [-0.25, -0.2) is 0 Å². The molecule has 0 amide bonds. The maximum Gasteiger partial charge on any atom is 0.403 e. The van der Waals surface area contributed by atoms with Gasteiger partial charge in [0.1, 0.15) is 0 Å². The van der Waals surface area contributed by atoms with Crippen molar-refractivity contribution in [3.63, 3.8) is 0 Å². The first kappa shape index (κ1) is 13.4. The lowest BCUT2D eigenvalue weighted by Crippen LogP contribution is -2.45. The van der Waals surface area contributed by atoms with Crippen LogP contribution >= 0.6 is 0 Å². The zero-order valence-electron chi connectivity index (χ0n) is 13.1. The molecule has 104 valence electrons. The van der Waals surface area contributed by atoms with E-state index >= 15 is 0 Å². The number of benzene rings is 2. The minimum absolute atomic E-state index is 0.281. The second kappa shape index (κ2) is 4.47. The number of hydrogen-bond donors (Lipinski definition) is 0. The topological polar surface area (TPSA) is 0 Å². The van der Waals surface area contributed by atoms with Crippen LogP contribution < -0.4 is 0 Å². The van der Waals surface area contributed by atoms with E-state index in [4.69, 9.17) is 0 Å². The molecule has 3 aliphatic rings. The summed E-state index contributed by atoms with van der Waals surface area (Å²) in [5.74, 6) is 0. The SMILES string of the molecule is C[SiH]1C2=Cc3ccccc3[CH]2[Mg][C]2(C)C1=Cc1ccccc12. The number of hydrogen-bond acceptors (Lipinski definition) is 0. The Balaban J connectivity index is 1.71. The van der Waals surface area contributed by atoms with Gasteiger partial charge in [-0.2, -0.15) is 0 Å². The second-order valence-corrected chi connectivity index (χ2v) is 12.6. The Morgan fingerprint density at radius 3 is 2.55 bits per heavy atom. The van der Waals surface area contributed by atoms with E-state index in [-0.39, 0.29) is 20.4 Å². The van der Waals surface area contributed by atoms with Gasteiger partial charge in [0.2, 0.25) is 0 Å². The van der Waals surface area contributed by atoms with E-state index in [9.17, 15) is 0 Å². The molecule has 0 bridgehead atoms. The monoisotopic (exact) mass is 310 g/mol. The Kier molecular flexibility index (Phi) is 2.71. The van der Waals surface area contributed by atoms with Crippen molar-refractivity contribution in [1.82, 2.24) is 0 Å². The highest BCUT2D eigenvalue weighted by atomic mass is 28.3. The van der Waals surface area contributed by atoms with Crippen LogP contribution in [0.15, 0.2) is 58.9 Å². The molecule has 0 saturated carbocycles. The summed E-state index contributed by atoms with van der Waals surface area (Å²) in [5, 5.41) is 3.64. The predicted octanol–water partition coefficient (Wildman–Crippen LogP) is 4.09. The molecule has 22 heavy (non-hydrogen) atoms. The zero-order chi connectivity index (χ0) is 14.9. The van der Waals surface area contributed by atoms with Crippen molar-refractivity contribution in [3.05, 3.63) is 81.2 Å². The summed E-state index contributed by atoms with van der Waals surface area (Å²) in [7, 11) is -0.998. The van der Waals surface area contributed by atoms with Gasteiger partial charge in [0.25, 0.3) is 0 Å². The molecule has 2 aromatic rings. The van der Waals surface area contributed by atoms with E-state index in [1.54, 1.807) is 11.1 Å². The van der Waals surface area contributed by atoms with Crippen molar-refractivity contribution in [2.45, 2.75) is 21.1 Å². The average Bonchev–Trinajstić information content (AvgIpc) is 3.04. The third-order valence-corrected chi connectivity index (χ3v) is 13.3. The highest BCUT2D eigenvalue weighted by Crippen LogP contribution is 2.53. The van der Waals surface area contributed by atoms with Crippen molar-refractivity contribution in [2.75, 3.05) is 0 Å². The van der Waals surface area contributed by atoms with Gasteiger partial charge in [-0.15, -0.1) is 0 Å². The van der Waals surface area contributed by atoms with Crippen molar-refractivity contribution in [3.8, 4) is 0 Å². The fourth-order valence-corrected chi connectivity index (χ4v) is 13.5. The highest BCUT2D eigenvalue weighted by molar-refractivity contribution is 6.81. The molecule has 0 radical (unpaired) electrons. The molecule has 2 aromatic carbocycles. The predicted molar refractivity (Wildman–Crippen MR) is 97.7 cm³/mol. The average molecular weight is 311 g/mol. The van der Waals surface area contributed by atoms with Crippen molar-refractivity contribution < 1.29 is 0 Å². The summed E-state index contributed by atoms with van der Waals surface area (Å²) < 4.78 is 1.20. The molecule has 5 rings (SSSR count). The molecule has 0 nitrogen and oxygen atoms in total. The van der Waals surface area contributed by atoms with Gasteiger partial charge < -0.3 is 0 Å². The van der Waals surface area contributed by atoms with Crippen LogP contribution in [0.2, 0.25) is 6.55 Å². The van der Waals surface area contributed by atoms with E-state index in [2.05, 4.69) is 74.2 Å². The molecule has 2 heteroatoms. The largest absolute Gasteiger partial charge is 0.403 e. The van der Waals surface area contributed by atoms with Crippen LogP contribution in [0, 0.1) is 0 Å². The van der Waals surface area contributed by atoms with E-state index < -0.39 is 8.80 Å². The Hall–Kier alpha value is -1.10. The molecule has 1 saturated heterocycles. The molecule has 0 spiro atoms. The summed E-state index contributed by atoms with van der Waals surface area (Å²) in [6.07, 6.45) is 5.10. The molecule has 3 atom stereocenters. The zero-order valence-corrected chi connectivity index (χ0v) is 15.7. The van der Waals surface area contributed by atoms with Crippen LogP contribution in [-0.2, 0) is 3.54 Å². The van der Waals surface area contributed by atoms with Crippen LogP contribution in [0.4, 0.5) is 0 Å². The van der Waals surface area contributed by atoms with E-state index in [0.717, 1.165) is 4.05 Å². The first-order chi connectivity index (χ1) is 10.7. The van der Waals surface area contributed by atoms with Crippen LogP contribution in [0.1, 0.15) is 33.2 Å². The van der Waals surface area contributed by atoms with Gasteiger partial charge in [-0.05, 0) is 11.1 Å². The quantitative estimate of drug-likeness (QED) is 0.643. The summed E-state index contributed by atoms with van der Waals surface area (Å²) in [6.45, 7) is 5.12. The Morgan fingerprint density at radius 1 is 0.955 bits per heavy atom. The van der Waals surface area contributed by atoms with E-state index in [1.165, 1.54) is 11.1 Å². The number of rotatable bonds is 0. The van der Waals surface area contributed by atoms with Gasteiger partial charge in [0.15, 0.2) is 0 Å². The highest BCUT2D eigenvalue weighted by Gasteiger charge is 2.50. The summed E-state index contributed by atoms with van der Waals surface area (Å²) in [4.78, 5) is 0. The van der Waals surface area contributed by atoms with Gasteiger partial charge in [-0.1, -0.05) is 103 Å². The van der Waals surface area contributed by atoms with Crippen LogP contribution in [0.25, 0.3) is 12.2 Å². The molecule has 1 aliphatic heterocycles. The normalized spacial score (nSPS) is 30.1. The van der Waals surface area contributed by atoms with E-state index in [1.807, 2.05) is 10.4 Å². The van der Waals surface area contributed by atoms with Crippen molar-refractivity contribution >= 4 is 41.3 Å².